The lowest BCUT2D eigenvalue weighted by Gasteiger charge is -2.39. The third kappa shape index (κ3) is 2.72. The van der Waals surface area contributed by atoms with E-state index in [2.05, 4.69) is 12.2 Å². The molecule has 3 nitrogen and oxygen atoms in total. The monoisotopic (exact) mass is 246 g/mol. The van der Waals surface area contributed by atoms with Crippen LogP contribution in [-0.2, 0) is 4.79 Å². The van der Waals surface area contributed by atoms with Crippen LogP contribution in [0.25, 0.3) is 0 Å². The summed E-state index contributed by atoms with van der Waals surface area (Å²) >= 11 is 0. The summed E-state index contributed by atoms with van der Waals surface area (Å²) in [5, 5.41) is 3.39. The fourth-order valence-electron chi connectivity index (χ4n) is 2.66. The molecule has 1 heterocycles. The highest BCUT2D eigenvalue weighted by atomic mass is 16.2. The van der Waals surface area contributed by atoms with Gasteiger partial charge in [0, 0.05) is 18.2 Å². The zero-order chi connectivity index (χ0) is 13.0. The van der Waals surface area contributed by atoms with Gasteiger partial charge in [0.2, 0.25) is 5.91 Å². The molecule has 1 fully saturated rings. The second-order valence-electron chi connectivity index (χ2n) is 4.99. The van der Waals surface area contributed by atoms with Crippen molar-refractivity contribution in [3.05, 3.63) is 30.3 Å². The average Bonchev–Trinajstić information content (AvgIpc) is 2.42. The van der Waals surface area contributed by atoms with Gasteiger partial charge >= 0.3 is 0 Å². The molecular weight excluding hydrogens is 224 g/mol. The standard InChI is InChI=1S/C15H22N2O/c1-3-15(18)17(13-7-5-4-6-8-13)14-9-10-16-11-12(14)2/h4-8,12,14,16H,3,9-11H2,1-2H3/t12-,14+/m0/s1. The lowest BCUT2D eigenvalue weighted by Crippen LogP contribution is -2.51. The number of nitrogens with one attached hydrogen (secondary N) is 1. The molecule has 0 saturated carbocycles. The van der Waals surface area contributed by atoms with Crippen molar-refractivity contribution in [2.24, 2.45) is 5.92 Å². The Labute approximate surface area is 109 Å². The van der Waals surface area contributed by atoms with E-state index in [9.17, 15) is 4.79 Å². The molecule has 0 aromatic heterocycles. The van der Waals surface area contributed by atoms with Crippen molar-refractivity contribution in [1.29, 1.82) is 0 Å². The third-order valence-electron chi connectivity index (χ3n) is 3.68. The molecule has 0 bridgehead atoms. The van der Waals surface area contributed by atoms with Gasteiger partial charge in [-0.3, -0.25) is 4.79 Å². The molecule has 1 amide bonds. The summed E-state index contributed by atoms with van der Waals surface area (Å²) in [7, 11) is 0. The minimum absolute atomic E-state index is 0.222. The Morgan fingerprint density at radius 3 is 2.72 bits per heavy atom. The first-order valence-corrected chi connectivity index (χ1v) is 6.82. The smallest absolute Gasteiger partial charge is 0.226 e. The molecule has 2 atom stereocenters. The Morgan fingerprint density at radius 1 is 1.39 bits per heavy atom. The molecule has 0 aliphatic carbocycles. The lowest BCUT2D eigenvalue weighted by molar-refractivity contribution is -0.119. The van der Waals surface area contributed by atoms with E-state index in [-0.39, 0.29) is 5.91 Å². The van der Waals surface area contributed by atoms with Crippen LogP contribution in [0.15, 0.2) is 30.3 Å². The Morgan fingerprint density at radius 2 is 2.11 bits per heavy atom. The molecule has 1 aromatic carbocycles. The van der Waals surface area contributed by atoms with Gasteiger partial charge in [-0.2, -0.15) is 0 Å². The van der Waals surface area contributed by atoms with E-state index in [0.717, 1.165) is 25.2 Å². The first kappa shape index (κ1) is 13.1. The number of hydrogen-bond acceptors (Lipinski definition) is 2. The van der Waals surface area contributed by atoms with E-state index in [0.29, 0.717) is 18.4 Å². The predicted octanol–water partition coefficient (Wildman–Crippen LogP) is 2.43. The summed E-state index contributed by atoms with van der Waals surface area (Å²) in [5.74, 6) is 0.717. The molecule has 0 spiro atoms. The highest BCUT2D eigenvalue weighted by Crippen LogP contribution is 2.25. The molecule has 0 unspecified atom stereocenters. The molecule has 2 rings (SSSR count). The molecule has 1 N–H and O–H groups in total. The Balaban J connectivity index is 2.27. The number of rotatable bonds is 3. The zero-order valence-corrected chi connectivity index (χ0v) is 11.2. The van der Waals surface area contributed by atoms with Crippen LogP contribution in [0.2, 0.25) is 0 Å². The fraction of sp³-hybridized carbons (Fsp3) is 0.533. The van der Waals surface area contributed by atoms with Gasteiger partial charge in [-0.1, -0.05) is 32.0 Å². The van der Waals surface area contributed by atoms with Crippen molar-refractivity contribution in [3.63, 3.8) is 0 Å². The number of carbonyl (C=O) groups excluding carboxylic acids is 1. The minimum Gasteiger partial charge on any atom is -0.316 e. The van der Waals surface area contributed by atoms with E-state index in [1.165, 1.54) is 0 Å². The van der Waals surface area contributed by atoms with Gasteiger partial charge in [0.05, 0.1) is 0 Å². The van der Waals surface area contributed by atoms with Gasteiger partial charge in [-0.25, -0.2) is 0 Å². The third-order valence-corrected chi connectivity index (χ3v) is 3.68. The van der Waals surface area contributed by atoms with E-state index in [1.54, 1.807) is 0 Å². The van der Waals surface area contributed by atoms with Crippen molar-refractivity contribution >= 4 is 11.6 Å². The van der Waals surface area contributed by atoms with Gasteiger partial charge in [-0.05, 0) is 37.6 Å². The number of amides is 1. The van der Waals surface area contributed by atoms with Gasteiger partial charge in [0.15, 0.2) is 0 Å². The molecule has 1 aliphatic rings. The number of nitrogens with zero attached hydrogens (tertiary/aromatic N) is 1. The topological polar surface area (TPSA) is 32.3 Å². The summed E-state index contributed by atoms with van der Waals surface area (Å²) in [6.45, 7) is 6.14. The quantitative estimate of drug-likeness (QED) is 0.888. The van der Waals surface area contributed by atoms with Crippen molar-refractivity contribution < 1.29 is 4.79 Å². The van der Waals surface area contributed by atoms with Crippen LogP contribution in [0.4, 0.5) is 5.69 Å². The first-order valence-electron chi connectivity index (χ1n) is 6.82. The fourth-order valence-corrected chi connectivity index (χ4v) is 2.66. The summed E-state index contributed by atoms with van der Waals surface area (Å²) in [6, 6.07) is 10.4. The Kier molecular flexibility index (Phi) is 4.37. The number of piperidine rings is 1. The maximum absolute atomic E-state index is 12.3. The van der Waals surface area contributed by atoms with Crippen LogP contribution in [0.1, 0.15) is 26.7 Å². The Hall–Kier alpha value is -1.35. The number of benzene rings is 1. The average molecular weight is 246 g/mol. The maximum Gasteiger partial charge on any atom is 0.226 e. The molecule has 18 heavy (non-hydrogen) atoms. The van der Waals surface area contributed by atoms with Gasteiger partial charge < -0.3 is 10.2 Å². The number of para-hydroxylation sites is 1. The normalized spacial score (nSPS) is 23.7. The van der Waals surface area contributed by atoms with Crippen molar-refractivity contribution in [2.75, 3.05) is 18.0 Å². The highest BCUT2D eigenvalue weighted by Gasteiger charge is 2.30. The van der Waals surface area contributed by atoms with Crippen LogP contribution >= 0.6 is 0 Å². The molecule has 1 saturated heterocycles. The van der Waals surface area contributed by atoms with E-state index < -0.39 is 0 Å². The summed E-state index contributed by atoms with van der Waals surface area (Å²) in [6.07, 6.45) is 1.59. The van der Waals surface area contributed by atoms with Crippen molar-refractivity contribution in [3.8, 4) is 0 Å². The summed E-state index contributed by atoms with van der Waals surface area (Å²) in [4.78, 5) is 14.3. The van der Waals surface area contributed by atoms with Crippen molar-refractivity contribution in [2.45, 2.75) is 32.7 Å². The second-order valence-corrected chi connectivity index (χ2v) is 4.99. The zero-order valence-electron chi connectivity index (χ0n) is 11.2. The van der Waals surface area contributed by atoms with E-state index in [1.807, 2.05) is 42.2 Å². The SMILES string of the molecule is CCC(=O)N(c1ccccc1)[C@@H]1CCNC[C@@H]1C. The lowest BCUT2D eigenvalue weighted by atomic mass is 9.93. The number of hydrogen-bond donors (Lipinski definition) is 1. The maximum atomic E-state index is 12.3. The van der Waals surface area contributed by atoms with Crippen LogP contribution in [0, 0.1) is 5.92 Å². The van der Waals surface area contributed by atoms with Crippen molar-refractivity contribution in [1.82, 2.24) is 5.32 Å². The van der Waals surface area contributed by atoms with Gasteiger partial charge in [0.1, 0.15) is 0 Å². The van der Waals surface area contributed by atoms with E-state index >= 15 is 0 Å². The van der Waals surface area contributed by atoms with Crippen LogP contribution in [-0.4, -0.2) is 25.0 Å². The molecule has 1 aliphatic heterocycles. The Bertz CT molecular complexity index is 391. The minimum atomic E-state index is 0.222. The molecule has 0 radical (unpaired) electrons. The molecule has 3 heteroatoms. The largest absolute Gasteiger partial charge is 0.316 e. The summed E-state index contributed by atoms with van der Waals surface area (Å²) in [5.41, 5.74) is 1.03. The number of anilines is 1. The van der Waals surface area contributed by atoms with Crippen LogP contribution in [0.3, 0.4) is 0 Å². The highest BCUT2D eigenvalue weighted by molar-refractivity contribution is 5.93. The molecular formula is C15H22N2O. The van der Waals surface area contributed by atoms with Gasteiger partial charge in [0.25, 0.3) is 0 Å². The molecule has 1 aromatic rings. The summed E-state index contributed by atoms with van der Waals surface area (Å²) < 4.78 is 0. The van der Waals surface area contributed by atoms with E-state index in [4.69, 9.17) is 0 Å². The van der Waals surface area contributed by atoms with Crippen LogP contribution in [0.5, 0.6) is 0 Å². The second kappa shape index (κ2) is 6.01. The number of carbonyl (C=O) groups is 1. The molecule has 98 valence electrons. The van der Waals surface area contributed by atoms with Gasteiger partial charge in [-0.15, -0.1) is 0 Å². The first-order chi connectivity index (χ1) is 8.74. The predicted molar refractivity (Wildman–Crippen MR) is 74.7 cm³/mol. The van der Waals surface area contributed by atoms with Crippen LogP contribution < -0.4 is 10.2 Å².